The van der Waals surface area contributed by atoms with Crippen molar-refractivity contribution in [2.24, 2.45) is 0 Å². The number of imidazole rings is 1. The number of hydrogen-bond donors (Lipinski definition) is 1. The molecule has 19 heavy (non-hydrogen) atoms. The van der Waals surface area contributed by atoms with Gasteiger partial charge in [0.05, 0.1) is 11.0 Å². The summed E-state index contributed by atoms with van der Waals surface area (Å²) in [7, 11) is 0. The number of halogens is 1. The lowest BCUT2D eigenvalue weighted by Gasteiger charge is -2.23. The van der Waals surface area contributed by atoms with E-state index in [1.807, 2.05) is 0 Å². The van der Waals surface area contributed by atoms with Gasteiger partial charge in [0.1, 0.15) is 11.6 Å². The molecular formula is C15H18FN3. The Morgan fingerprint density at radius 2 is 2.26 bits per heavy atom. The number of nitrogens with zero attached hydrogens (tertiary/aromatic N) is 2. The van der Waals surface area contributed by atoms with Crippen LogP contribution in [-0.2, 0) is 5.41 Å². The van der Waals surface area contributed by atoms with Crippen molar-refractivity contribution >= 4 is 11.0 Å². The highest BCUT2D eigenvalue weighted by Gasteiger charge is 2.39. The first-order chi connectivity index (χ1) is 9.17. The van der Waals surface area contributed by atoms with E-state index in [9.17, 15) is 4.39 Å². The Labute approximate surface area is 111 Å². The fourth-order valence-electron chi connectivity index (χ4n) is 3.20. The highest BCUT2D eigenvalue weighted by molar-refractivity contribution is 5.76. The molecule has 2 aliphatic rings. The second-order valence-corrected chi connectivity index (χ2v) is 6.16. The fourth-order valence-corrected chi connectivity index (χ4v) is 3.20. The average molecular weight is 259 g/mol. The molecule has 1 aromatic heterocycles. The number of hydrogen-bond acceptors (Lipinski definition) is 2. The highest BCUT2D eigenvalue weighted by atomic mass is 19.1. The van der Waals surface area contributed by atoms with Gasteiger partial charge >= 0.3 is 0 Å². The zero-order valence-electron chi connectivity index (χ0n) is 11.1. The minimum Gasteiger partial charge on any atom is -0.324 e. The number of aromatic nitrogens is 2. The van der Waals surface area contributed by atoms with E-state index in [1.165, 1.54) is 18.9 Å². The predicted molar refractivity (Wildman–Crippen MR) is 72.8 cm³/mol. The molecule has 0 spiro atoms. The van der Waals surface area contributed by atoms with Crippen LogP contribution in [0.2, 0.25) is 0 Å². The standard InChI is InChI=1S/C15H18FN3/c1-15(6-7-17-9-15)14-18-12-5-2-10(16)8-13(12)19(14)11-3-4-11/h2,5,8,11,17H,3-4,6-7,9H2,1H3. The van der Waals surface area contributed by atoms with Crippen LogP contribution in [0.1, 0.15) is 38.1 Å². The average Bonchev–Trinajstić information content (AvgIpc) is 3.01. The van der Waals surface area contributed by atoms with Crippen LogP contribution in [0.3, 0.4) is 0 Å². The van der Waals surface area contributed by atoms with Crippen LogP contribution in [0.25, 0.3) is 11.0 Å². The molecule has 0 radical (unpaired) electrons. The number of benzene rings is 1. The summed E-state index contributed by atoms with van der Waals surface area (Å²) >= 11 is 0. The topological polar surface area (TPSA) is 29.9 Å². The second kappa shape index (κ2) is 3.79. The van der Waals surface area contributed by atoms with E-state index < -0.39 is 0 Å². The molecule has 4 rings (SSSR count). The Hall–Kier alpha value is -1.42. The molecule has 1 saturated carbocycles. The molecule has 3 nitrogen and oxygen atoms in total. The molecule has 1 atom stereocenters. The van der Waals surface area contributed by atoms with E-state index in [4.69, 9.17) is 4.98 Å². The maximum atomic E-state index is 13.5. The van der Waals surface area contributed by atoms with Crippen molar-refractivity contribution in [3.8, 4) is 0 Å². The van der Waals surface area contributed by atoms with Gasteiger partial charge in [-0.15, -0.1) is 0 Å². The Kier molecular flexibility index (Phi) is 2.28. The first-order valence-corrected chi connectivity index (χ1v) is 7.06. The number of nitrogens with one attached hydrogen (secondary N) is 1. The SMILES string of the molecule is CC1(c2nc3ccc(F)cc3n2C2CC2)CCNC1. The minimum atomic E-state index is -0.171. The third kappa shape index (κ3) is 1.70. The van der Waals surface area contributed by atoms with Gasteiger partial charge in [0.15, 0.2) is 0 Å². The molecule has 1 N–H and O–H groups in total. The van der Waals surface area contributed by atoms with Gasteiger partial charge in [-0.1, -0.05) is 6.92 Å². The lowest BCUT2D eigenvalue weighted by atomic mass is 9.88. The Bertz CT molecular complexity index is 636. The lowest BCUT2D eigenvalue weighted by Crippen LogP contribution is -2.29. The van der Waals surface area contributed by atoms with Crippen molar-refractivity contribution in [1.82, 2.24) is 14.9 Å². The van der Waals surface area contributed by atoms with Gasteiger partial charge in [0, 0.05) is 18.0 Å². The predicted octanol–water partition coefficient (Wildman–Crippen LogP) is 2.76. The Morgan fingerprint density at radius 3 is 2.95 bits per heavy atom. The fraction of sp³-hybridized carbons (Fsp3) is 0.533. The maximum absolute atomic E-state index is 13.5. The van der Waals surface area contributed by atoms with Crippen molar-refractivity contribution in [2.75, 3.05) is 13.1 Å². The van der Waals surface area contributed by atoms with E-state index in [1.54, 1.807) is 12.1 Å². The summed E-state index contributed by atoms with van der Waals surface area (Å²) in [5.41, 5.74) is 1.97. The molecule has 1 saturated heterocycles. The molecule has 100 valence electrons. The van der Waals surface area contributed by atoms with Gasteiger partial charge in [0.25, 0.3) is 0 Å². The van der Waals surface area contributed by atoms with Crippen LogP contribution in [0.15, 0.2) is 18.2 Å². The second-order valence-electron chi connectivity index (χ2n) is 6.16. The number of rotatable bonds is 2. The van der Waals surface area contributed by atoms with Crippen LogP contribution in [0.4, 0.5) is 4.39 Å². The zero-order valence-corrected chi connectivity index (χ0v) is 11.1. The van der Waals surface area contributed by atoms with Gasteiger partial charge < -0.3 is 9.88 Å². The van der Waals surface area contributed by atoms with Crippen molar-refractivity contribution in [2.45, 2.75) is 37.6 Å². The van der Waals surface area contributed by atoms with Gasteiger partial charge in [-0.2, -0.15) is 0 Å². The molecule has 1 aromatic carbocycles. The van der Waals surface area contributed by atoms with Crippen LogP contribution in [0, 0.1) is 5.82 Å². The first-order valence-electron chi connectivity index (χ1n) is 7.06. The van der Waals surface area contributed by atoms with Gasteiger partial charge in [-0.25, -0.2) is 9.37 Å². The molecule has 2 fully saturated rings. The van der Waals surface area contributed by atoms with Crippen molar-refractivity contribution in [3.05, 3.63) is 29.8 Å². The third-order valence-corrected chi connectivity index (χ3v) is 4.47. The summed E-state index contributed by atoms with van der Waals surface area (Å²) in [5, 5.41) is 3.43. The van der Waals surface area contributed by atoms with Crippen molar-refractivity contribution in [1.29, 1.82) is 0 Å². The van der Waals surface area contributed by atoms with Crippen LogP contribution >= 0.6 is 0 Å². The molecule has 4 heteroatoms. The Morgan fingerprint density at radius 1 is 1.42 bits per heavy atom. The molecule has 1 unspecified atom stereocenters. The summed E-state index contributed by atoms with van der Waals surface area (Å²) < 4.78 is 15.8. The normalized spacial score (nSPS) is 27.3. The quantitative estimate of drug-likeness (QED) is 0.898. The summed E-state index contributed by atoms with van der Waals surface area (Å²) in [6.45, 7) is 4.27. The molecular weight excluding hydrogens is 241 g/mol. The van der Waals surface area contributed by atoms with E-state index >= 15 is 0 Å². The Balaban J connectivity index is 1.96. The summed E-state index contributed by atoms with van der Waals surface area (Å²) in [6.07, 6.45) is 3.49. The largest absolute Gasteiger partial charge is 0.324 e. The zero-order chi connectivity index (χ0) is 13.0. The van der Waals surface area contributed by atoms with Crippen molar-refractivity contribution < 1.29 is 4.39 Å². The van der Waals surface area contributed by atoms with Crippen LogP contribution in [0.5, 0.6) is 0 Å². The lowest BCUT2D eigenvalue weighted by molar-refractivity contribution is 0.462. The van der Waals surface area contributed by atoms with E-state index in [0.29, 0.717) is 6.04 Å². The van der Waals surface area contributed by atoms with Gasteiger partial charge in [0.2, 0.25) is 0 Å². The monoisotopic (exact) mass is 259 g/mol. The summed E-state index contributed by atoms with van der Waals surface area (Å²) in [6, 6.07) is 5.47. The van der Waals surface area contributed by atoms with Crippen LogP contribution in [-0.4, -0.2) is 22.6 Å². The van der Waals surface area contributed by atoms with E-state index in [2.05, 4.69) is 16.8 Å². The summed E-state index contributed by atoms with van der Waals surface area (Å²) in [4.78, 5) is 4.83. The molecule has 1 aliphatic heterocycles. The third-order valence-electron chi connectivity index (χ3n) is 4.47. The number of fused-ring (bicyclic) bond motifs is 1. The molecule has 0 amide bonds. The van der Waals surface area contributed by atoms with Gasteiger partial charge in [-0.05, 0) is 44.0 Å². The maximum Gasteiger partial charge on any atom is 0.125 e. The van der Waals surface area contributed by atoms with Gasteiger partial charge in [-0.3, -0.25) is 0 Å². The van der Waals surface area contributed by atoms with E-state index in [-0.39, 0.29) is 11.2 Å². The minimum absolute atomic E-state index is 0.0814. The molecule has 2 aromatic rings. The summed E-state index contributed by atoms with van der Waals surface area (Å²) in [5.74, 6) is 0.969. The van der Waals surface area contributed by atoms with Crippen LogP contribution < -0.4 is 5.32 Å². The smallest absolute Gasteiger partial charge is 0.125 e. The first kappa shape index (κ1) is 11.4. The molecule has 2 heterocycles. The van der Waals surface area contributed by atoms with Crippen molar-refractivity contribution in [3.63, 3.8) is 0 Å². The molecule has 1 aliphatic carbocycles. The molecule has 0 bridgehead atoms. The van der Waals surface area contributed by atoms with E-state index in [0.717, 1.165) is 36.4 Å². The highest BCUT2D eigenvalue weighted by Crippen LogP contribution is 2.42.